The minimum Gasteiger partial charge on any atom is -0.354 e. The predicted octanol–water partition coefficient (Wildman–Crippen LogP) is 1.53. The molecule has 0 unspecified atom stereocenters. The molecule has 28 heavy (non-hydrogen) atoms. The number of likely N-dealkylation sites (N-methyl/N-ethyl adjacent to an activating group) is 1. The summed E-state index contributed by atoms with van der Waals surface area (Å²) in [5.41, 5.74) is 0.674. The van der Waals surface area contributed by atoms with Crippen LogP contribution in [0.3, 0.4) is 0 Å². The van der Waals surface area contributed by atoms with Gasteiger partial charge in [0.15, 0.2) is 0 Å². The number of pyridine rings is 1. The molecule has 0 radical (unpaired) electrons. The maximum absolute atomic E-state index is 12.7. The maximum Gasteiger partial charge on any atom is 0.273 e. The lowest BCUT2D eigenvalue weighted by atomic mass is 10.2. The van der Waals surface area contributed by atoms with Gasteiger partial charge >= 0.3 is 0 Å². The quantitative estimate of drug-likeness (QED) is 0.573. The van der Waals surface area contributed by atoms with Crippen molar-refractivity contribution in [3.63, 3.8) is 0 Å². The number of sulfonamides is 1. The maximum atomic E-state index is 12.7. The Morgan fingerprint density at radius 1 is 1.21 bits per heavy atom. The fourth-order valence-electron chi connectivity index (χ4n) is 3.13. The first-order chi connectivity index (χ1) is 13.3. The van der Waals surface area contributed by atoms with Gasteiger partial charge in [0.1, 0.15) is 5.82 Å². The molecule has 1 aromatic carbocycles. The van der Waals surface area contributed by atoms with Gasteiger partial charge in [0.2, 0.25) is 10.0 Å². The highest BCUT2D eigenvalue weighted by atomic mass is 32.2. The van der Waals surface area contributed by atoms with Gasteiger partial charge in [-0.2, -0.15) is 0 Å². The van der Waals surface area contributed by atoms with Crippen LogP contribution in [0, 0.1) is 17.0 Å². The van der Waals surface area contributed by atoms with Crippen LogP contribution in [0.5, 0.6) is 0 Å². The number of benzene rings is 1. The summed E-state index contributed by atoms with van der Waals surface area (Å²) in [5.74, 6) is 0.816. The highest BCUT2D eigenvalue weighted by Crippen LogP contribution is 2.25. The minimum absolute atomic E-state index is 0.0771. The Morgan fingerprint density at radius 2 is 1.93 bits per heavy atom. The summed E-state index contributed by atoms with van der Waals surface area (Å²) < 4.78 is 27.8. The number of piperazine rings is 1. The molecule has 0 atom stereocenters. The first-order valence-corrected chi connectivity index (χ1v) is 10.4. The van der Waals surface area contributed by atoms with Crippen molar-refractivity contribution >= 4 is 21.5 Å². The van der Waals surface area contributed by atoms with Crippen LogP contribution in [0.2, 0.25) is 0 Å². The average molecular weight is 405 g/mol. The summed E-state index contributed by atoms with van der Waals surface area (Å²) >= 11 is 0. The third-order valence-electron chi connectivity index (χ3n) is 4.85. The van der Waals surface area contributed by atoms with Crippen LogP contribution in [0.25, 0.3) is 0 Å². The van der Waals surface area contributed by atoms with Gasteiger partial charge in [0.25, 0.3) is 5.69 Å². The normalized spacial score (nSPS) is 15.6. The van der Waals surface area contributed by atoms with E-state index in [0.717, 1.165) is 37.6 Å². The molecule has 0 amide bonds. The molecule has 9 nitrogen and oxygen atoms in total. The number of nitro groups is 1. The van der Waals surface area contributed by atoms with Crippen LogP contribution in [0.15, 0.2) is 41.4 Å². The first kappa shape index (κ1) is 20.2. The zero-order valence-electron chi connectivity index (χ0n) is 15.8. The Hall–Kier alpha value is -2.56. The fraction of sp³-hybridized carbons (Fsp3) is 0.389. The zero-order valence-corrected chi connectivity index (χ0v) is 16.6. The second-order valence-corrected chi connectivity index (χ2v) is 8.53. The number of nitro benzene ring substituents is 1. The van der Waals surface area contributed by atoms with Crippen molar-refractivity contribution in [2.45, 2.75) is 18.4 Å². The van der Waals surface area contributed by atoms with E-state index in [1.807, 2.05) is 6.07 Å². The number of hydrogen-bond donors (Lipinski definition) is 1. The first-order valence-electron chi connectivity index (χ1n) is 8.90. The lowest BCUT2D eigenvalue weighted by molar-refractivity contribution is -0.385. The van der Waals surface area contributed by atoms with E-state index in [9.17, 15) is 18.5 Å². The SMILES string of the molecule is Cc1c([N+](=O)[O-])cccc1S(=O)(=O)NCc1ccnc(N2CCN(C)CC2)c1. The van der Waals surface area contributed by atoms with E-state index in [4.69, 9.17) is 0 Å². The lowest BCUT2D eigenvalue weighted by Crippen LogP contribution is -2.44. The van der Waals surface area contributed by atoms with Crippen molar-refractivity contribution < 1.29 is 13.3 Å². The van der Waals surface area contributed by atoms with Crippen molar-refractivity contribution in [1.82, 2.24) is 14.6 Å². The number of nitrogens with one attached hydrogen (secondary N) is 1. The summed E-state index contributed by atoms with van der Waals surface area (Å²) in [6, 6.07) is 7.65. The molecule has 0 bridgehead atoms. The van der Waals surface area contributed by atoms with Crippen molar-refractivity contribution in [2.24, 2.45) is 0 Å². The van der Waals surface area contributed by atoms with E-state index in [0.29, 0.717) is 0 Å². The van der Waals surface area contributed by atoms with Gasteiger partial charge in [-0.1, -0.05) is 6.07 Å². The summed E-state index contributed by atoms with van der Waals surface area (Å²) in [7, 11) is -1.81. The average Bonchev–Trinajstić information content (AvgIpc) is 2.67. The molecule has 0 aliphatic carbocycles. The molecule has 1 aliphatic heterocycles. The van der Waals surface area contributed by atoms with E-state index in [2.05, 4.69) is 26.6 Å². The Balaban J connectivity index is 1.74. The molecule has 3 rings (SSSR count). The van der Waals surface area contributed by atoms with Gasteiger partial charge in [-0.15, -0.1) is 0 Å². The molecule has 150 valence electrons. The zero-order chi connectivity index (χ0) is 20.3. The number of nitrogens with zero attached hydrogens (tertiary/aromatic N) is 4. The molecule has 2 heterocycles. The molecule has 1 aliphatic rings. The molecular weight excluding hydrogens is 382 g/mol. The van der Waals surface area contributed by atoms with Crippen molar-refractivity contribution in [3.8, 4) is 0 Å². The molecule has 1 N–H and O–H groups in total. The molecule has 2 aromatic rings. The second kappa shape index (κ2) is 8.21. The highest BCUT2D eigenvalue weighted by Gasteiger charge is 2.23. The van der Waals surface area contributed by atoms with Crippen molar-refractivity contribution in [1.29, 1.82) is 0 Å². The van der Waals surface area contributed by atoms with E-state index in [1.54, 1.807) is 12.3 Å². The Morgan fingerprint density at radius 3 is 2.61 bits per heavy atom. The van der Waals surface area contributed by atoms with Crippen molar-refractivity contribution in [3.05, 3.63) is 57.8 Å². The van der Waals surface area contributed by atoms with Gasteiger partial charge in [0, 0.05) is 50.6 Å². The van der Waals surface area contributed by atoms with Crippen LogP contribution in [-0.4, -0.2) is 56.5 Å². The monoisotopic (exact) mass is 405 g/mol. The smallest absolute Gasteiger partial charge is 0.273 e. The predicted molar refractivity (Wildman–Crippen MR) is 106 cm³/mol. The molecule has 0 spiro atoms. The van der Waals surface area contributed by atoms with Gasteiger partial charge in [-0.3, -0.25) is 10.1 Å². The standard InChI is InChI=1S/C18H23N5O4S/c1-14-16(23(24)25)4-3-5-17(14)28(26,27)20-13-15-6-7-19-18(12-15)22-10-8-21(2)9-11-22/h3-7,12,20H,8-11,13H2,1-2H3. The summed E-state index contributed by atoms with van der Waals surface area (Å²) in [5, 5.41) is 11.1. The molecule has 1 saturated heterocycles. The molecule has 1 aromatic heterocycles. The Labute approximate surface area is 164 Å². The van der Waals surface area contributed by atoms with E-state index in [-0.39, 0.29) is 22.7 Å². The number of hydrogen-bond acceptors (Lipinski definition) is 7. The fourth-order valence-corrected chi connectivity index (χ4v) is 4.40. The lowest BCUT2D eigenvalue weighted by Gasteiger charge is -2.33. The second-order valence-electron chi connectivity index (χ2n) is 6.79. The van der Waals surface area contributed by atoms with Gasteiger partial charge in [-0.05, 0) is 37.7 Å². The third kappa shape index (κ3) is 4.46. The molecule has 10 heteroatoms. The van der Waals surface area contributed by atoms with Crippen LogP contribution in [-0.2, 0) is 16.6 Å². The van der Waals surface area contributed by atoms with Gasteiger partial charge in [0.05, 0.1) is 9.82 Å². The number of anilines is 1. The summed E-state index contributed by atoms with van der Waals surface area (Å²) in [6.45, 7) is 5.14. The summed E-state index contributed by atoms with van der Waals surface area (Å²) in [4.78, 5) is 19.2. The van der Waals surface area contributed by atoms with Crippen LogP contribution in [0.4, 0.5) is 11.5 Å². The van der Waals surface area contributed by atoms with Gasteiger partial charge in [-0.25, -0.2) is 18.1 Å². The number of aromatic nitrogens is 1. The number of rotatable bonds is 6. The van der Waals surface area contributed by atoms with Crippen LogP contribution in [0.1, 0.15) is 11.1 Å². The van der Waals surface area contributed by atoms with Crippen molar-refractivity contribution in [2.75, 3.05) is 38.1 Å². The molecular formula is C18H23N5O4S. The van der Waals surface area contributed by atoms with Crippen LogP contribution < -0.4 is 9.62 Å². The van der Waals surface area contributed by atoms with Crippen LogP contribution >= 0.6 is 0 Å². The largest absolute Gasteiger partial charge is 0.354 e. The molecule has 0 saturated carbocycles. The summed E-state index contributed by atoms with van der Waals surface area (Å²) in [6.07, 6.45) is 1.66. The molecule has 1 fully saturated rings. The van der Waals surface area contributed by atoms with E-state index >= 15 is 0 Å². The minimum atomic E-state index is -3.89. The van der Waals surface area contributed by atoms with E-state index < -0.39 is 14.9 Å². The highest BCUT2D eigenvalue weighted by molar-refractivity contribution is 7.89. The Kier molecular flexibility index (Phi) is 5.92. The topological polar surface area (TPSA) is 109 Å². The van der Waals surface area contributed by atoms with Gasteiger partial charge < -0.3 is 9.80 Å². The Bertz CT molecular complexity index is 972. The van der Waals surface area contributed by atoms with E-state index in [1.165, 1.54) is 25.1 Å². The third-order valence-corrected chi connectivity index (χ3v) is 6.39.